The molecule has 164 valence electrons. The smallest absolute Gasteiger partial charge is 0.106 e. The lowest BCUT2D eigenvalue weighted by Crippen LogP contribution is -2.42. The molecule has 0 radical (unpaired) electrons. The van der Waals surface area contributed by atoms with Crippen LogP contribution in [0.15, 0.2) is 0 Å². The van der Waals surface area contributed by atoms with Crippen molar-refractivity contribution in [2.75, 3.05) is 0 Å². The zero-order chi connectivity index (χ0) is 19.9. The molecular weight excluding hydrogens is 351 g/mol. The van der Waals surface area contributed by atoms with Crippen LogP contribution >= 0.6 is 0 Å². The highest BCUT2D eigenvalue weighted by Crippen LogP contribution is 2.46. The van der Waals surface area contributed by atoms with Gasteiger partial charge in [0.2, 0.25) is 0 Å². The van der Waals surface area contributed by atoms with Crippen molar-refractivity contribution in [3.8, 4) is 0 Å². The molecule has 28 heavy (non-hydrogen) atoms. The molecule has 3 aliphatic carbocycles. The first-order valence-electron chi connectivity index (χ1n) is 12.6. The predicted octanol–water partition coefficient (Wildman–Crippen LogP) is 7.81. The Hall–Kier alpha value is -0.150. The van der Waals surface area contributed by atoms with E-state index in [0.717, 1.165) is 56.3 Å². The van der Waals surface area contributed by atoms with Gasteiger partial charge in [-0.3, -0.25) is 5.26 Å². The van der Waals surface area contributed by atoms with Crippen LogP contribution in [0.4, 0.5) is 4.39 Å². The summed E-state index contributed by atoms with van der Waals surface area (Å²) >= 11 is 0. The van der Waals surface area contributed by atoms with Crippen molar-refractivity contribution < 1.29 is 14.5 Å². The van der Waals surface area contributed by atoms with Crippen molar-refractivity contribution in [2.24, 2.45) is 35.5 Å². The summed E-state index contributed by atoms with van der Waals surface area (Å²) in [4.78, 5) is 4.98. The molecule has 3 rings (SSSR count). The minimum atomic E-state index is -0.797. The second kappa shape index (κ2) is 11.3. The summed E-state index contributed by atoms with van der Waals surface area (Å²) in [6.45, 7) is 4.50. The van der Waals surface area contributed by atoms with Gasteiger partial charge < -0.3 is 0 Å². The highest BCUT2D eigenvalue weighted by Gasteiger charge is 2.42. The van der Waals surface area contributed by atoms with Gasteiger partial charge in [0.1, 0.15) is 12.3 Å². The van der Waals surface area contributed by atoms with Crippen molar-refractivity contribution in [2.45, 2.75) is 122 Å². The summed E-state index contributed by atoms with van der Waals surface area (Å²) in [7, 11) is 0. The number of rotatable bonds is 8. The molecule has 4 unspecified atom stereocenters. The molecule has 0 aromatic carbocycles. The van der Waals surface area contributed by atoms with Gasteiger partial charge in [-0.15, -0.1) is 0 Å². The van der Waals surface area contributed by atoms with Crippen LogP contribution in [0.5, 0.6) is 0 Å². The molecule has 0 heterocycles. The Balaban J connectivity index is 1.45. The maximum Gasteiger partial charge on any atom is 0.106 e. The number of alkyl halides is 1. The van der Waals surface area contributed by atoms with Crippen molar-refractivity contribution in [1.29, 1.82) is 0 Å². The van der Waals surface area contributed by atoms with E-state index < -0.39 is 6.17 Å². The van der Waals surface area contributed by atoms with Gasteiger partial charge in [0.25, 0.3) is 0 Å². The van der Waals surface area contributed by atoms with Crippen molar-refractivity contribution in [3.05, 3.63) is 0 Å². The minimum absolute atomic E-state index is 0.0934. The molecule has 3 heteroatoms. The lowest BCUT2D eigenvalue weighted by molar-refractivity contribution is -0.311. The summed E-state index contributed by atoms with van der Waals surface area (Å²) in [6, 6.07) is 0. The second-order valence-electron chi connectivity index (χ2n) is 10.5. The molecular formula is C25H45FO2. The Morgan fingerprint density at radius 2 is 1.32 bits per heavy atom. The van der Waals surface area contributed by atoms with E-state index in [1.807, 2.05) is 0 Å². The molecule has 0 spiro atoms. The summed E-state index contributed by atoms with van der Waals surface area (Å²) in [5.74, 6) is 3.55. The Bertz CT molecular complexity index is 426. The van der Waals surface area contributed by atoms with E-state index in [0.29, 0.717) is 18.3 Å². The summed E-state index contributed by atoms with van der Waals surface area (Å²) in [6.07, 6.45) is 17.1. The number of hydrogen-bond acceptors (Lipinski definition) is 2. The van der Waals surface area contributed by atoms with Crippen molar-refractivity contribution in [1.82, 2.24) is 0 Å². The molecule has 3 aliphatic rings. The third kappa shape index (κ3) is 5.72. The fraction of sp³-hybridized carbons (Fsp3) is 1.00. The molecule has 3 saturated carbocycles. The Labute approximate surface area is 172 Å². The number of hydrogen-bond donors (Lipinski definition) is 1. The Kier molecular flexibility index (Phi) is 9.09. The molecule has 1 N–H and O–H groups in total. The van der Waals surface area contributed by atoms with E-state index in [2.05, 4.69) is 13.8 Å². The van der Waals surface area contributed by atoms with Crippen LogP contribution in [0.3, 0.4) is 0 Å². The Morgan fingerprint density at radius 3 is 1.86 bits per heavy atom. The largest absolute Gasteiger partial charge is 0.252 e. The molecule has 0 saturated heterocycles. The second-order valence-corrected chi connectivity index (χ2v) is 10.5. The van der Waals surface area contributed by atoms with Crippen molar-refractivity contribution in [3.63, 3.8) is 0 Å². The van der Waals surface area contributed by atoms with Crippen LogP contribution in [-0.4, -0.2) is 17.5 Å². The van der Waals surface area contributed by atoms with Gasteiger partial charge in [0.15, 0.2) is 0 Å². The molecule has 4 atom stereocenters. The van der Waals surface area contributed by atoms with Crippen LogP contribution in [0, 0.1) is 35.5 Å². The highest BCUT2D eigenvalue weighted by atomic mass is 19.1. The normalized spacial score (nSPS) is 40.9. The highest BCUT2D eigenvalue weighted by molar-refractivity contribution is 4.91. The van der Waals surface area contributed by atoms with Crippen LogP contribution in [0.1, 0.15) is 110 Å². The lowest BCUT2D eigenvalue weighted by Gasteiger charge is -2.42. The van der Waals surface area contributed by atoms with E-state index in [4.69, 9.17) is 4.89 Å². The summed E-state index contributed by atoms with van der Waals surface area (Å²) < 4.78 is 14.9. The van der Waals surface area contributed by atoms with Crippen LogP contribution < -0.4 is 0 Å². The van der Waals surface area contributed by atoms with Crippen molar-refractivity contribution >= 4 is 0 Å². The fourth-order valence-electron chi connectivity index (χ4n) is 7.08. The molecule has 0 amide bonds. The minimum Gasteiger partial charge on any atom is -0.252 e. The average Bonchev–Trinajstić information content (AvgIpc) is 2.72. The summed E-state index contributed by atoms with van der Waals surface area (Å²) in [5.41, 5.74) is 0. The van der Waals surface area contributed by atoms with Gasteiger partial charge in [-0.05, 0) is 87.4 Å². The van der Waals surface area contributed by atoms with E-state index in [1.165, 1.54) is 51.4 Å². The standard InChI is InChI=1S/C25H45FO2/c1-3-5-18-7-10-20(11-8-18)21-12-14-22(15-13-21)25(28-27)23-16-9-19(6-4-2)17-24(23)26/h18-25,27H,3-17H2,1-2H3. The quantitative estimate of drug-likeness (QED) is 0.335. The predicted molar refractivity (Wildman–Crippen MR) is 114 cm³/mol. The maximum atomic E-state index is 14.9. The topological polar surface area (TPSA) is 29.5 Å². The van der Waals surface area contributed by atoms with Gasteiger partial charge in [-0.25, -0.2) is 9.28 Å². The first-order valence-corrected chi connectivity index (χ1v) is 12.6. The molecule has 3 fully saturated rings. The molecule has 0 aromatic rings. The van der Waals surface area contributed by atoms with E-state index in [9.17, 15) is 9.65 Å². The summed E-state index contributed by atoms with van der Waals surface area (Å²) in [5, 5.41) is 9.65. The van der Waals surface area contributed by atoms with E-state index >= 15 is 0 Å². The van der Waals surface area contributed by atoms with Gasteiger partial charge in [-0.1, -0.05) is 52.4 Å². The monoisotopic (exact) mass is 396 g/mol. The molecule has 0 bridgehead atoms. The third-order valence-corrected chi connectivity index (χ3v) is 8.71. The van der Waals surface area contributed by atoms with Crippen LogP contribution in [0.2, 0.25) is 0 Å². The fourth-order valence-corrected chi connectivity index (χ4v) is 7.08. The van der Waals surface area contributed by atoms with E-state index in [1.54, 1.807) is 0 Å². The zero-order valence-corrected chi connectivity index (χ0v) is 18.5. The van der Waals surface area contributed by atoms with Crippen LogP contribution in [-0.2, 0) is 4.89 Å². The average molecular weight is 397 g/mol. The zero-order valence-electron chi connectivity index (χ0n) is 18.5. The SMILES string of the molecule is CCCC1CCC(C2CCC(C(OO)C3CCC(CCC)CC3F)CC2)CC1. The molecule has 2 nitrogen and oxygen atoms in total. The van der Waals surface area contributed by atoms with Gasteiger partial charge in [0.05, 0.1) is 0 Å². The third-order valence-electron chi connectivity index (χ3n) is 8.71. The van der Waals surface area contributed by atoms with Gasteiger partial charge >= 0.3 is 0 Å². The van der Waals surface area contributed by atoms with Gasteiger partial charge in [-0.2, -0.15) is 0 Å². The van der Waals surface area contributed by atoms with Gasteiger partial charge in [0, 0.05) is 5.92 Å². The van der Waals surface area contributed by atoms with E-state index in [-0.39, 0.29) is 12.0 Å². The first-order chi connectivity index (χ1) is 13.7. The maximum absolute atomic E-state index is 14.9. The first kappa shape index (κ1) is 22.5. The number of halogens is 1. The Morgan fingerprint density at radius 1 is 0.786 bits per heavy atom. The lowest BCUT2D eigenvalue weighted by atomic mass is 9.66. The molecule has 0 aliphatic heterocycles. The molecule has 0 aromatic heterocycles. The van der Waals surface area contributed by atoms with Crippen LogP contribution in [0.25, 0.3) is 0 Å².